The van der Waals surface area contributed by atoms with Crippen molar-refractivity contribution in [2.24, 2.45) is 0 Å². The van der Waals surface area contributed by atoms with Gasteiger partial charge in [0.15, 0.2) is 0 Å². The third-order valence-corrected chi connectivity index (χ3v) is 3.94. The summed E-state index contributed by atoms with van der Waals surface area (Å²) >= 11 is 5.85. The first-order valence-corrected chi connectivity index (χ1v) is 7.79. The number of rotatable bonds is 5. The molecule has 1 saturated heterocycles. The molecule has 1 amide bonds. The SMILES string of the molecule is O=C(Cc1coc(-c2ccc(Cl)cc2)n1)NCC1CCCN1. The maximum atomic E-state index is 11.9. The van der Waals surface area contributed by atoms with Crippen LogP contribution >= 0.6 is 11.6 Å². The average molecular weight is 320 g/mol. The second-order valence-electron chi connectivity index (χ2n) is 5.43. The van der Waals surface area contributed by atoms with Gasteiger partial charge in [0.05, 0.1) is 12.1 Å². The third kappa shape index (κ3) is 3.87. The Labute approximate surface area is 134 Å². The fourth-order valence-corrected chi connectivity index (χ4v) is 2.63. The molecule has 0 bridgehead atoms. The van der Waals surface area contributed by atoms with Gasteiger partial charge in [0, 0.05) is 23.2 Å². The molecule has 22 heavy (non-hydrogen) atoms. The zero-order valence-electron chi connectivity index (χ0n) is 12.1. The molecular formula is C16H18ClN3O2. The van der Waals surface area contributed by atoms with Crippen molar-refractivity contribution in [3.8, 4) is 11.5 Å². The summed E-state index contributed by atoms with van der Waals surface area (Å²) in [5.41, 5.74) is 1.47. The molecule has 1 aromatic carbocycles. The zero-order chi connectivity index (χ0) is 15.4. The van der Waals surface area contributed by atoms with Gasteiger partial charge < -0.3 is 15.1 Å². The van der Waals surface area contributed by atoms with Gasteiger partial charge in [0.25, 0.3) is 0 Å². The van der Waals surface area contributed by atoms with Gasteiger partial charge in [-0.2, -0.15) is 0 Å². The second-order valence-corrected chi connectivity index (χ2v) is 5.86. The van der Waals surface area contributed by atoms with Crippen molar-refractivity contribution in [2.75, 3.05) is 13.1 Å². The first kappa shape index (κ1) is 15.1. The van der Waals surface area contributed by atoms with Crippen molar-refractivity contribution in [2.45, 2.75) is 25.3 Å². The molecule has 2 heterocycles. The molecule has 1 fully saturated rings. The standard InChI is InChI=1S/C16H18ClN3O2/c17-12-5-3-11(4-6-12)16-20-14(10-22-16)8-15(21)19-9-13-2-1-7-18-13/h3-6,10,13,18H,1-2,7-9H2,(H,19,21). The van der Waals surface area contributed by atoms with Crippen molar-refractivity contribution in [3.63, 3.8) is 0 Å². The number of hydrogen-bond donors (Lipinski definition) is 2. The molecule has 2 aromatic rings. The number of benzene rings is 1. The summed E-state index contributed by atoms with van der Waals surface area (Å²) < 4.78 is 5.42. The lowest BCUT2D eigenvalue weighted by Gasteiger charge is -2.10. The third-order valence-electron chi connectivity index (χ3n) is 3.69. The predicted molar refractivity (Wildman–Crippen MR) is 84.7 cm³/mol. The van der Waals surface area contributed by atoms with Crippen molar-refractivity contribution in [1.29, 1.82) is 0 Å². The molecule has 6 heteroatoms. The minimum atomic E-state index is -0.0374. The quantitative estimate of drug-likeness (QED) is 0.888. The van der Waals surface area contributed by atoms with Crippen molar-refractivity contribution < 1.29 is 9.21 Å². The molecule has 0 spiro atoms. The summed E-state index contributed by atoms with van der Waals surface area (Å²) in [7, 11) is 0. The maximum Gasteiger partial charge on any atom is 0.226 e. The van der Waals surface area contributed by atoms with Crippen LogP contribution in [0.5, 0.6) is 0 Å². The topological polar surface area (TPSA) is 67.2 Å². The van der Waals surface area contributed by atoms with E-state index in [1.165, 1.54) is 12.7 Å². The minimum Gasteiger partial charge on any atom is -0.444 e. The van der Waals surface area contributed by atoms with Crippen LogP contribution in [0.4, 0.5) is 0 Å². The lowest BCUT2D eigenvalue weighted by molar-refractivity contribution is -0.120. The zero-order valence-corrected chi connectivity index (χ0v) is 12.9. The van der Waals surface area contributed by atoms with Crippen LogP contribution in [-0.2, 0) is 11.2 Å². The first-order chi connectivity index (χ1) is 10.7. The summed E-state index contributed by atoms with van der Waals surface area (Å²) in [6.45, 7) is 1.70. The highest BCUT2D eigenvalue weighted by Crippen LogP contribution is 2.21. The second kappa shape index (κ2) is 6.94. The Morgan fingerprint density at radius 3 is 2.95 bits per heavy atom. The minimum absolute atomic E-state index is 0.0374. The number of hydrogen-bond acceptors (Lipinski definition) is 4. The first-order valence-electron chi connectivity index (χ1n) is 7.41. The van der Waals surface area contributed by atoms with Crippen molar-refractivity contribution in [1.82, 2.24) is 15.6 Å². The van der Waals surface area contributed by atoms with E-state index in [2.05, 4.69) is 15.6 Å². The molecule has 1 aliphatic rings. The van der Waals surface area contributed by atoms with Gasteiger partial charge in [-0.3, -0.25) is 4.79 Å². The van der Waals surface area contributed by atoms with Crippen LogP contribution in [0.15, 0.2) is 34.9 Å². The van der Waals surface area contributed by atoms with Gasteiger partial charge in [-0.25, -0.2) is 4.98 Å². The van der Waals surface area contributed by atoms with E-state index in [-0.39, 0.29) is 12.3 Å². The summed E-state index contributed by atoms with van der Waals surface area (Å²) in [5.74, 6) is 0.460. The lowest BCUT2D eigenvalue weighted by atomic mass is 10.2. The number of amides is 1. The molecule has 1 unspecified atom stereocenters. The Balaban J connectivity index is 1.54. The van der Waals surface area contributed by atoms with Crippen LogP contribution < -0.4 is 10.6 Å². The normalized spacial score (nSPS) is 17.6. The van der Waals surface area contributed by atoms with Gasteiger partial charge in [0.1, 0.15) is 6.26 Å². The van der Waals surface area contributed by atoms with Crippen LogP contribution in [0.25, 0.3) is 11.5 Å². The number of carbonyl (C=O) groups is 1. The molecular weight excluding hydrogens is 302 g/mol. The molecule has 0 aliphatic carbocycles. The van der Waals surface area contributed by atoms with Crippen LogP contribution in [0.3, 0.4) is 0 Å². The summed E-state index contributed by atoms with van der Waals surface area (Å²) in [6, 6.07) is 7.63. The molecule has 2 N–H and O–H groups in total. The van der Waals surface area contributed by atoms with Crippen LogP contribution in [0.2, 0.25) is 5.02 Å². The Bertz CT molecular complexity index is 633. The van der Waals surface area contributed by atoms with Gasteiger partial charge in [-0.05, 0) is 43.7 Å². The van der Waals surface area contributed by atoms with E-state index in [1.54, 1.807) is 12.1 Å². The molecule has 0 saturated carbocycles. The van der Waals surface area contributed by atoms with E-state index in [9.17, 15) is 4.79 Å². The number of aromatic nitrogens is 1. The molecule has 5 nitrogen and oxygen atoms in total. The van der Waals surface area contributed by atoms with Crippen molar-refractivity contribution >= 4 is 17.5 Å². The monoisotopic (exact) mass is 319 g/mol. The number of nitrogens with one attached hydrogen (secondary N) is 2. The van der Waals surface area contributed by atoms with Gasteiger partial charge in [0.2, 0.25) is 11.8 Å². The fraction of sp³-hybridized carbons (Fsp3) is 0.375. The molecule has 116 valence electrons. The molecule has 1 aromatic heterocycles. The van der Waals surface area contributed by atoms with Crippen LogP contribution in [0, 0.1) is 0 Å². The number of halogens is 1. The lowest BCUT2D eigenvalue weighted by Crippen LogP contribution is -2.37. The number of oxazole rings is 1. The number of carbonyl (C=O) groups excluding carboxylic acids is 1. The summed E-state index contributed by atoms with van der Waals surface area (Å²) in [5, 5.41) is 6.94. The summed E-state index contributed by atoms with van der Waals surface area (Å²) in [6.07, 6.45) is 4.04. The number of nitrogens with zero attached hydrogens (tertiary/aromatic N) is 1. The largest absolute Gasteiger partial charge is 0.444 e. The van der Waals surface area contributed by atoms with Crippen molar-refractivity contribution in [3.05, 3.63) is 41.2 Å². The van der Waals surface area contributed by atoms with Gasteiger partial charge in [-0.1, -0.05) is 11.6 Å². The van der Waals surface area contributed by atoms with Gasteiger partial charge >= 0.3 is 0 Å². The molecule has 1 aliphatic heterocycles. The van der Waals surface area contributed by atoms with E-state index in [4.69, 9.17) is 16.0 Å². The average Bonchev–Trinajstić information content (AvgIpc) is 3.17. The maximum absolute atomic E-state index is 11.9. The highest BCUT2D eigenvalue weighted by Gasteiger charge is 2.15. The Morgan fingerprint density at radius 2 is 2.23 bits per heavy atom. The Kier molecular flexibility index (Phi) is 4.75. The Hall–Kier alpha value is -1.85. The smallest absolute Gasteiger partial charge is 0.226 e. The van der Waals surface area contributed by atoms with E-state index >= 15 is 0 Å². The molecule has 0 radical (unpaired) electrons. The molecule has 1 atom stereocenters. The highest BCUT2D eigenvalue weighted by atomic mass is 35.5. The molecule has 3 rings (SSSR count). The van der Waals surface area contributed by atoms with E-state index in [0.717, 1.165) is 18.5 Å². The van der Waals surface area contributed by atoms with Crippen LogP contribution in [-0.4, -0.2) is 30.0 Å². The van der Waals surface area contributed by atoms with Gasteiger partial charge in [-0.15, -0.1) is 0 Å². The van der Waals surface area contributed by atoms with E-state index in [1.807, 2.05) is 12.1 Å². The fourth-order valence-electron chi connectivity index (χ4n) is 2.51. The highest BCUT2D eigenvalue weighted by molar-refractivity contribution is 6.30. The summed E-state index contributed by atoms with van der Waals surface area (Å²) in [4.78, 5) is 16.3. The van der Waals surface area contributed by atoms with E-state index in [0.29, 0.717) is 29.2 Å². The van der Waals surface area contributed by atoms with Crippen LogP contribution in [0.1, 0.15) is 18.5 Å². The van der Waals surface area contributed by atoms with E-state index < -0.39 is 0 Å². The predicted octanol–water partition coefficient (Wildman–Crippen LogP) is 2.41. The Morgan fingerprint density at radius 1 is 1.41 bits per heavy atom.